The number of ether oxygens (including phenoxy) is 1. The quantitative estimate of drug-likeness (QED) is 0.670. The van der Waals surface area contributed by atoms with Gasteiger partial charge in [0.1, 0.15) is 0 Å². The topological polar surface area (TPSA) is 29.5 Å². The fraction of sp³-hybridized carbons (Fsp3) is 0.929. The lowest BCUT2D eigenvalue weighted by Crippen LogP contribution is -2.41. The van der Waals surface area contributed by atoms with Gasteiger partial charge in [0.2, 0.25) is 0 Å². The van der Waals surface area contributed by atoms with Gasteiger partial charge in [-0.3, -0.25) is 4.79 Å². The lowest BCUT2D eigenvalue weighted by Gasteiger charge is -2.35. The second-order valence-corrected chi connectivity index (χ2v) is 5.13. The number of likely N-dealkylation sites (tertiary alicyclic amines) is 1. The van der Waals surface area contributed by atoms with E-state index in [9.17, 15) is 4.79 Å². The van der Waals surface area contributed by atoms with Crippen LogP contribution in [-0.2, 0) is 9.53 Å². The second kappa shape index (κ2) is 7.70. The van der Waals surface area contributed by atoms with Gasteiger partial charge in [0.25, 0.3) is 0 Å². The molecular formula is C14H27NO2. The maximum Gasteiger partial charge on any atom is 0.307 e. The van der Waals surface area contributed by atoms with Crippen LogP contribution in [0.5, 0.6) is 0 Å². The third-order valence-corrected chi connectivity index (χ3v) is 3.74. The van der Waals surface area contributed by atoms with E-state index >= 15 is 0 Å². The summed E-state index contributed by atoms with van der Waals surface area (Å²) in [7, 11) is 0. The maximum atomic E-state index is 11.4. The van der Waals surface area contributed by atoms with Crippen LogP contribution in [-0.4, -0.2) is 36.6 Å². The smallest absolute Gasteiger partial charge is 0.307 e. The van der Waals surface area contributed by atoms with Gasteiger partial charge in [-0.15, -0.1) is 0 Å². The van der Waals surface area contributed by atoms with Crippen LogP contribution in [0.2, 0.25) is 0 Å². The standard InChI is InChI=1S/C14H27NO2/c1-4-6-13-7-9-15(10-8-13)12(3)11-14(16)17-5-2/h12-13H,4-11H2,1-3H3. The summed E-state index contributed by atoms with van der Waals surface area (Å²) in [6, 6.07) is 0.330. The van der Waals surface area contributed by atoms with Crippen molar-refractivity contribution in [3.63, 3.8) is 0 Å². The van der Waals surface area contributed by atoms with Gasteiger partial charge in [-0.2, -0.15) is 0 Å². The normalized spacial score (nSPS) is 20.2. The monoisotopic (exact) mass is 241 g/mol. The van der Waals surface area contributed by atoms with Gasteiger partial charge in [-0.05, 0) is 45.7 Å². The Morgan fingerprint density at radius 1 is 1.35 bits per heavy atom. The van der Waals surface area contributed by atoms with Crippen molar-refractivity contribution < 1.29 is 9.53 Å². The third kappa shape index (κ3) is 5.07. The van der Waals surface area contributed by atoms with Crippen LogP contribution in [0.3, 0.4) is 0 Å². The molecule has 0 radical (unpaired) electrons. The molecule has 1 rings (SSSR count). The summed E-state index contributed by atoms with van der Waals surface area (Å²) in [4.78, 5) is 13.8. The lowest BCUT2D eigenvalue weighted by molar-refractivity contribution is -0.144. The second-order valence-electron chi connectivity index (χ2n) is 5.13. The van der Waals surface area contributed by atoms with Gasteiger partial charge in [-0.1, -0.05) is 19.8 Å². The molecule has 0 N–H and O–H groups in total. The molecular weight excluding hydrogens is 214 g/mol. The van der Waals surface area contributed by atoms with E-state index in [4.69, 9.17) is 4.74 Å². The fourth-order valence-electron chi connectivity index (χ4n) is 2.68. The molecule has 100 valence electrons. The molecule has 0 aromatic rings. The molecule has 1 aliphatic heterocycles. The molecule has 17 heavy (non-hydrogen) atoms. The Morgan fingerprint density at radius 2 is 2.00 bits per heavy atom. The summed E-state index contributed by atoms with van der Waals surface area (Å²) in [6.07, 6.45) is 5.78. The van der Waals surface area contributed by atoms with E-state index in [1.807, 2.05) is 6.92 Å². The molecule has 0 amide bonds. The number of rotatable bonds is 6. The Hall–Kier alpha value is -0.570. The number of carbonyl (C=O) groups excluding carboxylic acids is 1. The number of carbonyl (C=O) groups is 1. The molecule has 1 heterocycles. The van der Waals surface area contributed by atoms with Crippen molar-refractivity contribution >= 4 is 5.97 Å². The van der Waals surface area contributed by atoms with Gasteiger partial charge >= 0.3 is 5.97 Å². The summed E-state index contributed by atoms with van der Waals surface area (Å²) in [5.41, 5.74) is 0. The first-order valence-corrected chi connectivity index (χ1v) is 7.07. The molecule has 0 spiro atoms. The molecule has 1 saturated heterocycles. The van der Waals surface area contributed by atoms with E-state index in [1.54, 1.807) is 0 Å². The molecule has 3 heteroatoms. The van der Waals surface area contributed by atoms with Crippen molar-refractivity contribution in [2.24, 2.45) is 5.92 Å². The molecule has 0 aromatic heterocycles. The van der Waals surface area contributed by atoms with Crippen LogP contribution in [0.1, 0.15) is 52.9 Å². The highest BCUT2D eigenvalue weighted by Gasteiger charge is 2.23. The van der Waals surface area contributed by atoms with Crippen LogP contribution < -0.4 is 0 Å². The molecule has 0 aromatic carbocycles. The fourth-order valence-corrected chi connectivity index (χ4v) is 2.68. The Labute approximate surface area is 106 Å². The van der Waals surface area contributed by atoms with Crippen molar-refractivity contribution in [3.05, 3.63) is 0 Å². The number of piperidine rings is 1. The van der Waals surface area contributed by atoms with Gasteiger partial charge in [0, 0.05) is 6.04 Å². The first-order chi connectivity index (χ1) is 8.17. The molecule has 0 saturated carbocycles. The zero-order valence-electron chi connectivity index (χ0n) is 11.6. The number of hydrogen-bond donors (Lipinski definition) is 0. The molecule has 1 fully saturated rings. The van der Waals surface area contributed by atoms with Crippen molar-refractivity contribution in [1.29, 1.82) is 0 Å². The van der Waals surface area contributed by atoms with Crippen molar-refractivity contribution in [3.8, 4) is 0 Å². The predicted molar refractivity (Wildman–Crippen MR) is 69.9 cm³/mol. The number of hydrogen-bond acceptors (Lipinski definition) is 3. The Morgan fingerprint density at radius 3 is 2.53 bits per heavy atom. The van der Waals surface area contributed by atoms with Crippen LogP contribution in [0.15, 0.2) is 0 Å². The largest absolute Gasteiger partial charge is 0.466 e. The minimum atomic E-state index is -0.0596. The molecule has 0 bridgehead atoms. The number of esters is 1. The van der Waals surface area contributed by atoms with Crippen molar-refractivity contribution in [1.82, 2.24) is 4.90 Å². The lowest BCUT2D eigenvalue weighted by atomic mass is 9.91. The first-order valence-electron chi connectivity index (χ1n) is 7.07. The van der Waals surface area contributed by atoms with E-state index in [1.165, 1.54) is 25.7 Å². The van der Waals surface area contributed by atoms with Crippen molar-refractivity contribution in [2.75, 3.05) is 19.7 Å². The van der Waals surface area contributed by atoms with Gasteiger partial charge in [-0.25, -0.2) is 0 Å². The minimum Gasteiger partial charge on any atom is -0.466 e. The van der Waals surface area contributed by atoms with Gasteiger partial charge < -0.3 is 9.64 Å². The Kier molecular flexibility index (Phi) is 6.56. The molecule has 3 nitrogen and oxygen atoms in total. The highest BCUT2D eigenvalue weighted by molar-refractivity contribution is 5.70. The van der Waals surface area contributed by atoms with Crippen LogP contribution in [0.25, 0.3) is 0 Å². The van der Waals surface area contributed by atoms with E-state index in [-0.39, 0.29) is 5.97 Å². The summed E-state index contributed by atoms with van der Waals surface area (Å²) >= 11 is 0. The Bertz CT molecular complexity index is 222. The van der Waals surface area contributed by atoms with Crippen LogP contribution in [0, 0.1) is 5.92 Å². The Balaban J connectivity index is 2.25. The summed E-state index contributed by atoms with van der Waals surface area (Å²) in [6.45, 7) is 9.03. The van der Waals surface area contributed by atoms with Crippen LogP contribution >= 0.6 is 0 Å². The average Bonchev–Trinajstić information content (AvgIpc) is 2.30. The van der Waals surface area contributed by atoms with Gasteiger partial charge in [0.15, 0.2) is 0 Å². The zero-order valence-corrected chi connectivity index (χ0v) is 11.6. The van der Waals surface area contributed by atoms with E-state index in [0.717, 1.165) is 19.0 Å². The van der Waals surface area contributed by atoms with Crippen molar-refractivity contribution in [2.45, 2.75) is 58.9 Å². The zero-order chi connectivity index (χ0) is 12.7. The molecule has 1 unspecified atom stereocenters. The van der Waals surface area contributed by atoms with E-state index in [2.05, 4.69) is 18.7 Å². The summed E-state index contributed by atoms with van der Waals surface area (Å²) in [5.74, 6) is 0.849. The SMILES string of the molecule is CCCC1CCN(C(C)CC(=O)OCC)CC1. The molecule has 1 atom stereocenters. The van der Waals surface area contributed by atoms with E-state index in [0.29, 0.717) is 19.1 Å². The highest BCUT2D eigenvalue weighted by Crippen LogP contribution is 2.23. The minimum absolute atomic E-state index is 0.0596. The third-order valence-electron chi connectivity index (χ3n) is 3.74. The predicted octanol–water partition coefficient (Wildman–Crippen LogP) is 2.84. The maximum absolute atomic E-state index is 11.4. The number of nitrogens with zero attached hydrogens (tertiary/aromatic N) is 1. The molecule has 0 aliphatic carbocycles. The summed E-state index contributed by atoms with van der Waals surface area (Å²) < 4.78 is 5.00. The molecule has 1 aliphatic rings. The first kappa shape index (κ1) is 14.5. The summed E-state index contributed by atoms with van der Waals surface area (Å²) in [5, 5.41) is 0. The highest BCUT2D eigenvalue weighted by atomic mass is 16.5. The van der Waals surface area contributed by atoms with Crippen LogP contribution in [0.4, 0.5) is 0 Å². The van der Waals surface area contributed by atoms with E-state index < -0.39 is 0 Å². The van der Waals surface area contributed by atoms with Gasteiger partial charge in [0.05, 0.1) is 13.0 Å². The average molecular weight is 241 g/mol.